The number of cyclic esters (lactones) is 1. The molecule has 4 rings (SSSR count). The molecule has 0 aromatic heterocycles. The molecular weight excluding hydrogens is 298 g/mol. The number of benzene rings is 1. The number of fused-ring (bicyclic) bond motifs is 3. The second kappa shape index (κ2) is 6.20. The molecule has 3 aliphatic rings. The van der Waals surface area contributed by atoms with Crippen molar-refractivity contribution in [2.24, 2.45) is 5.92 Å². The molecule has 0 bridgehead atoms. The van der Waals surface area contributed by atoms with Crippen molar-refractivity contribution in [1.82, 2.24) is 5.06 Å². The van der Waals surface area contributed by atoms with Crippen LogP contribution in [0.5, 0.6) is 0 Å². The predicted octanol–water partition coefficient (Wildman–Crippen LogP) is 0.884. The number of esters is 1. The van der Waals surface area contributed by atoms with Crippen molar-refractivity contribution in [3.8, 4) is 0 Å². The molecule has 1 aromatic carbocycles. The number of rotatable bonds is 4. The lowest BCUT2D eigenvalue weighted by molar-refractivity contribution is -0.217. The van der Waals surface area contributed by atoms with Crippen LogP contribution in [0.2, 0.25) is 0 Å². The zero-order valence-electron chi connectivity index (χ0n) is 12.8. The molecule has 3 heterocycles. The maximum absolute atomic E-state index is 12.2. The van der Waals surface area contributed by atoms with Gasteiger partial charge in [-0.1, -0.05) is 30.3 Å². The van der Waals surface area contributed by atoms with Gasteiger partial charge < -0.3 is 14.6 Å². The SMILES string of the molecule is O=C1O[C@H](CO)[C@@H]2ON3CCC[C@H](OCc4ccccc4)[C@H]3[C@H]12. The number of ether oxygens (including phenoxy) is 2. The summed E-state index contributed by atoms with van der Waals surface area (Å²) in [5.74, 6) is -0.648. The fourth-order valence-electron chi connectivity index (χ4n) is 3.87. The number of hydrogen-bond acceptors (Lipinski definition) is 6. The van der Waals surface area contributed by atoms with Gasteiger partial charge in [0.05, 0.1) is 25.4 Å². The van der Waals surface area contributed by atoms with Gasteiger partial charge in [-0.2, -0.15) is 5.06 Å². The number of hydroxylamine groups is 2. The molecule has 1 N–H and O–H groups in total. The van der Waals surface area contributed by atoms with Crippen LogP contribution in [0.15, 0.2) is 30.3 Å². The van der Waals surface area contributed by atoms with E-state index in [2.05, 4.69) is 0 Å². The summed E-state index contributed by atoms with van der Waals surface area (Å²) < 4.78 is 11.4. The van der Waals surface area contributed by atoms with Gasteiger partial charge in [0, 0.05) is 6.54 Å². The van der Waals surface area contributed by atoms with Crippen LogP contribution in [0.25, 0.3) is 0 Å². The lowest BCUT2D eigenvalue weighted by Crippen LogP contribution is -2.49. The van der Waals surface area contributed by atoms with E-state index in [1.165, 1.54) is 0 Å². The highest BCUT2D eigenvalue weighted by atomic mass is 16.7. The second-order valence-corrected chi connectivity index (χ2v) is 6.36. The van der Waals surface area contributed by atoms with Crippen LogP contribution in [0.4, 0.5) is 0 Å². The Hall–Kier alpha value is -1.47. The summed E-state index contributed by atoms with van der Waals surface area (Å²) in [6, 6.07) is 9.88. The Kier molecular flexibility index (Phi) is 4.07. The molecule has 5 atom stereocenters. The van der Waals surface area contributed by atoms with Gasteiger partial charge in [-0.05, 0) is 18.4 Å². The van der Waals surface area contributed by atoms with Crippen molar-refractivity contribution in [1.29, 1.82) is 0 Å². The Bertz CT molecular complexity index is 565. The minimum Gasteiger partial charge on any atom is -0.457 e. The number of nitrogens with zero attached hydrogens (tertiary/aromatic N) is 1. The standard InChI is InChI=1S/C17H21NO5/c19-9-13-16-14(17(20)22-13)15-12(7-4-8-18(15)23-16)21-10-11-5-2-1-3-6-11/h1-3,5-6,12-16,19H,4,7-10H2/t12-,13+,14-,15-,16-/m0/s1. The van der Waals surface area contributed by atoms with Crippen LogP contribution in [0.3, 0.4) is 0 Å². The van der Waals surface area contributed by atoms with Crippen molar-refractivity contribution in [2.45, 2.75) is 43.8 Å². The van der Waals surface area contributed by atoms with Gasteiger partial charge >= 0.3 is 5.97 Å². The summed E-state index contributed by atoms with van der Waals surface area (Å²) in [4.78, 5) is 18.1. The predicted molar refractivity (Wildman–Crippen MR) is 80.1 cm³/mol. The summed E-state index contributed by atoms with van der Waals surface area (Å²) >= 11 is 0. The van der Waals surface area contributed by atoms with Gasteiger partial charge in [-0.25, -0.2) is 0 Å². The maximum Gasteiger partial charge on any atom is 0.314 e. The third-order valence-corrected chi connectivity index (χ3v) is 4.95. The first-order chi connectivity index (χ1) is 11.3. The first-order valence-corrected chi connectivity index (χ1v) is 8.18. The van der Waals surface area contributed by atoms with Gasteiger partial charge in [-0.15, -0.1) is 0 Å². The van der Waals surface area contributed by atoms with E-state index in [9.17, 15) is 9.90 Å². The van der Waals surface area contributed by atoms with E-state index in [1.54, 1.807) is 0 Å². The molecular formula is C17H21NO5. The zero-order chi connectivity index (χ0) is 15.8. The average molecular weight is 319 g/mol. The first kappa shape index (κ1) is 15.1. The van der Waals surface area contributed by atoms with Gasteiger partial charge in [0.15, 0.2) is 6.10 Å². The Morgan fingerprint density at radius 2 is 2.13 bits per heavy atom. The molecule has 3 saturated heterocycles. The van der Waals surface area contributed by atoms with Crippen LogP contribution in [-0.4, -0.2) is 53.6 Å². The molecule has 0 spiro atoms. The molecule has 23 heavy (non-hydrogen) atoms. The third kappa shape index (κ3) is 2.65. The minimum atomic E-state index is -0.562. The third-order valence-electron chi connectivity index (χ3n) is 4.95. The highest BCUT2D eigenvalue weighted by Crippen LogP contribution is 2.42. The van der Waals surface area contributed by atoms with E-state index in [0.29, 0.717) is 6.61 Å². The summed E-state index contributed by atoms with van der Waals surface area (Å²) in [5, 5.41) is 11.2. The van der Waals surface area contributed by atoms with Crippen LogP contribution in [0, 0.1) is 5.92 Å². The van der Waals surface area contributed by atoms with Crippen LogP contribution < -0.4 is 0 Å². The topological polar surface area (TPSA) is 68.2 Å². The largest absolute Gasteiger partial charge is 0.457 e. The lowest BCUT2D eigenvalue weighted by Gasteiger charge is -2.36. The van der Waals surface area contributed by atoms with Crippen LogP contribution >= 0.6 is 0 Å². The number of piperidine rings is 1. The van der Waals surface area contributed by atoms with Crippen LogP contribution in [-0.2, 0) is 25.7 Å². The Morgan fingerprint density at radius 3 is 2.91 bits per heavy atom. The lowest BCUT2D eigenvalue weighted by atomic mass is 9.87. The Morgan fingerprint density at radius 1 is 1.30 bits per heavy atom. The molecule has 3 fully saturated rings. The first-order valence-electron chi connectivity index (χ1n) is 8.18. The minimum absolute atomic E-state index is 0.0658. The van der Waals surface area contributed by atoms with Gasteiger partial charge in [-0.3, -0.25) is 9.63 Å². The van der Waals surface area contributed by atoms with Crippen molar-refractivity contribution in [3.63, 3.8) is 0 Å². The normalized spacial score (nSPS) is 36.6. The van der Waals surface area contributed by atoms with E-state index < -0.39 is 12.2 Å². The number of carbonyl (C=O) groups excluding carboxylic acids is 1. The van der Waals surface area contributed by atoms with Gasteiger partial charge in [0.25, 0.3) is 0 Å². The average Bonchev–Trinajstić information content (AvgIpc) is 3.11. The molecule has 6 nitrogen and oxygen atoms in total. The molecule has 0 saturated carbocycles. The Balaban J connectivity index is 1.49. The van der Waals surface area contributed by atoms with E-state index in [1.807, 2.05) is 35.4 Å². The molecule has 0 unspecified atom stereocenters. The molecule has 0 aliphatic carbocycles. The molecule has 0 amide bonds. The summed E-state index contributed by atoms with van der Waals surface area (Å²) in [6.45, 7) is 1.10. The molecule has 6 heteroatoms. The summed E-state index contributed by atoms with van der Waals surface area (Å²) in [6.07, 6.45) is 0.849. The van der Waals surface area contributed by atoms with Gasteiger partial charge in [0.2, 0.25) is 0 Å². The monoisotopic (exact) mass is 319 g/mol. The molecule has 3 aliphatic heterocycles. The maximum atomic E-state index is 12.2. The number of hydrogen-bond donors (Lipinski definition) is 1. The Labute approximate surface area is 134 Å². The van der Waals surface area contributed by atoms with E-state index >= 15 is 0 Å². The van der Waals surface area contributed by atoms with E-state index in [0.717, 1.165) is 24.9 Å². The fourth-order valence-corrected chi connectivity index (χ4v) is 3.87. The highest BCUT2D eigenvalue weighted by Gasteiger charge is 2.60. The van der Waals surface area contributed by atoms with Crippen molar-refractivity contribution >= 4 is 5.97 Å². The highest BCUT2D eigenvalue weighted by molar-refractivity contribution is 5.77. The summed E-state index contributed by atoms with van der Waals surface area (Å²) in [7, 11) is 0. The number of aliphatic hydroxyl groups excluding tert-OH is 1. The quantitative estimate of drug-likeness (QED) is 0.831. The summed E-state index contributed by atoms with van der Waals surface area (Å²) in [5.41, 5.74) is 1.11. The van der Waals surface area contributed by atoms with Crippen molar-refractivity contribution < 1.29 is 24.2 Å². The van der Waals surface area contributed by atoms with Crippen molar-refractivity contribution in [3.05, 3.63) is 35.9 Å². The molecule has 0 radical (unpaired) electrons. The molecule has 124 valence electrons. The van der Waals surface area contributed by atoms with E-state index in [4.69, 9.17) is 14.3 Å². The number of aliphatic hydroxyl groups is 1. The van der Waals surface area contributed by atoms with Crippen LogP contribution in [0.1, 0.15) is 18.4 Å². The van der Waals surface area contributed by atoms with E-state index in [-0.39, 0.29) is 30.6 Å². The van der Waals surface area contributed by atoms with Crippen molar-refractivity contribution in [2.75, 3.05) is 13.2 Å². The smallest absolute Gasteiger partial charge is 0.314 e. The van der Waals surface area contributed by atoms with Gasteiger partial charge in [0.1, 0.15) is 12.0 Å². The second-order valence-electron chi connectivity index (χ2n) is 6.36. The number of carbonyl (C=O) groups is 1. The fraction of sp³-hybridized carbons (Fsp3) is 0.588. The zero-order valence-corrected chi connectivity index (χ0v) is 12.8. The molecule has 1 aromatic rings.